The Morgan fingerprint density at radius 2 is 1.94 bits per heavy atom. The highest BCUT2D eigenvalue weighted by Gasteiger charge is 2.32. The van der Waals surface area contributed by atoms with Crippen molar-refractivity contribution in [2.24, 2.45) is 0 Å². The summed E-state index contributed by atoms with van der Waals surface area (Å²) in [6.45, 7) is 0. The summed E-state index contributed by atoms with van der Waals surface area (Å²) in [6, 6.07) is 2.19. The molecule has 1 aromatic carbocycles. The summed E-state index contributed by atoms with van der Waals surface area (Å²) in [4.78, 5) is 9.77. The number of hydrogen-bond donors (Lipinski definition) is 1. The second kappa shape index (κ2) is 4.82. The van der Waals surface area contributed by atoms with Crippen molar-refractivity contribution in [2.45, 2.75) is 11.1 Å². The van der Waals surface area contributed by atoms with Gasteiger partial charge >= 0.3 is 12.1 Å². The SMILES string of the molecule is O=C(O)c1ccc(F)c(S(=O)CC(F)(F)F)c1. The van der Waals surface area contributed by atoms with E-state index in [-0.39, 0.29) is 0 Å². The van der Waals surface area contributed by atoms with E-state index < -0.39 is 45.0 Å². The molecule has 0 aliphatic heterocycles. The molecule has 0 saturated heterocycles. The van der Waals surface area contributed by atoms with E-state index >= 15 is 0 Å². The molecule has 0 aromatic heterocycles. The van der Waals surface area contributed by atoms with Crippen LogP contribution in [0.4, 0.5) is 17.6 Å². The number of rotatable bonds is 3. The predicted octanol–water partition coefficient (Wildman–Crippen LogP) is 2.19. The van der Waals surface area contributed by atoms with Crippen molar-refractivity contribution in [2.75, 3.05) is 5.75 Å². The van der Waals surface area contributed by atoms with Gasteiger partial charge in [0.15, 0.2) is 0 Å². The number of aromatic carboxylic acids is 1. The van der Waals surface area contributed by atoms with Gasteiger partial charge in [0.1, 0.15) is 11.6 Å². The minimum Gasteiger partial charge on any atom is -0.478 e. The molecular formula is C9H6F4O3S. The summed E-state index contributed by atoms with van der Waals surface area (Å²) in [6.07, 6.45) is -4.71. The Morgan fingerprint density at radius 3 is 2.41 bits per heavy atom. The zero-order valence-electron chi connectivity index (χ0n) is 8.12. The van der Waals surface area contributed by atoms with Gasteiger partial charge in [-0.2, -0.15) is 13.2 Å². The Labute approximate surface area is 95.5 Å². The lowest BCUT2D eigenvalue weighted by Gasteiger charge is -2.07. The maximum atomic E-state index is 13.1. The first-order valence-electron chi connectivity index (χ1n) is 4.18. The molecule has 8 heteroatoms. The van der Waals surface area contributed by atoms with Crippen molar-refractivity contribution in [3.63, 3.8) is 0 Å². The zero-order chi connectivity index (χ0) is 13.2. The third-order valence-corrected chi connectivity index (χ3v) is 3.11. The molecule has 0 saturated carbocycles. The lowest BCUT2D eigenvalue weighted by Crippen LogP contribution is -2.19. The van der Waals surface area contributed by atoms with Gasteiger partial charge in [-0.15, -0.1) is 0 Å². The molecule has 1 atom stereocenters. The van der Waals surface area contributed by atoms with E-state index in [0.29, 0.717) is 12.1 Å². The number of carbonyl (C=O) groups is 1. The number of carboxylic acid groups (broad SMARTS) is 1. The maximum Gasteiger partial charge on any atom is 0.400 e. The monoisotopic (exact) mass is 270 g/mol. The van der Waals surface area contributed by atoms with E-state index in [0.717, 1.165) is 6.07 Å². The van der Waals surface area contributed by atoms with Gasteiger partial charge in [-0.05, 0) is 18.2 Å². The molecule has 94 valence electrons. The van der Waals surface area contributed by atoms with Crippen molar-refractivity contribution in [1.29, 1.82) is 0 Å². The van der Waals surface area contributed by atoms with Crippen LogP contribution in [0.3, 0.4) is 0 Å². The molecule has 1 rings (SSSR count). The normalized spacial score (nSPS) is 13.4. The lowest BCUT2D eigenvalue weighted by molar-refractivity contribution is -0.105. The van der Waals surface area contributed by atoms with Crippen molar-refractivity contribution in [3.05, 3.63) is 29.6 Å². The first-order chi connectivity index (χ1) is 7.70. The molecule has 17 heavy (non-hydrogen) atoms. The third kappa shape index (κ3) is 3.81. The number of alkyl halides is 3. The topological polar surface area (TPSA) is 54.4 Å². The van der Waals surface area contributed by atoms with Gasteiger partial charge in [-0.3, -0.25) is 4.21 Å². The molecular weight excluding hydrogens is 264 g/mol. The lowest BCUT2D eigenvalue weighted by atomic mass is 10.2. The molecule has 1 aromatic rings. The molecule has 1 unspecified atom stereocenters. The largest absolute Gasteiger partial charge is 0.478 e. The van der Waals surface area contributed by atoms with E-state index in [2.05, 4.69) is 0 Å². The van der Waals surface area contributed by atoms with Crippen molar-refractivity contribution in [1.82, 2.24) is 0 Å². The van der Waals surface area contributed by atoms with Crippen LogP contribution in [-0.2, 0) is 10.8 Å². The van der Waals surface area contributed by atoms with E-state index in [4.69, 9.17) is 5.11 Å². The molecule has 0 radical (unpaired) electrons. The Kier molecular flexibility index (Phi) is 3.87. The fraction of sp³-hybridized carbons (Fsp3) is 0.222. The van der Waals surface area contributed by atoms with E-state index in [1.165, 1.54) is 0 Å². The minimum absolute atomic E-state index is 0.420. The van der Waals surface area contributed by atoms with E-state index in [1.807, 2.05) is 0 Å². The summed E-state index contributed by atoms with van der Waals surface area (Å²) in [5.41, 5.74) is -0.420. The number of hydrogen-bond acceptors (Lipinski definition) is 2. The summed E-state index contributed by atoms with van der Waals surface area (Å²) >= 11 is 0. The van der Waals surface area contributed by atoms with Crippen LogP contribution in [0.1, 0.15) is 10.4 Å². The standard InChI is InChI=1S/C9H6F4O3S/c10-6-2-1-5(8(14)15)3-7(6)17(16)4-9(11,12)13/h1-3H,4H2,(H,14,15). The second-order valence-electron chi connectivity index (χ2n) is 3.06. The molecule has 0 aliphatic rings. The predicted molar refractivity (Wildman–Crippen MR) is 50.7 cm³/mol. The highest BCUT2D eigenvalue weighted by atomic mass is 32.2. The maximum absolute atomic E-state index is 13.1. The van der Waals surface area contributed by atoms with Crippen LogP contribution in [0, 0.1) is 5.82 Å². The van der Waals surface area contributed by atoms with Crippen LogP contribution >= 0.6 is 0 Å². The van der Waals surface area contributed by atoms with Gasteiger partial charge in [0.25, 0.3) is 0 Å². The van der Waals surface area contributed by atoms with Crippen molar-refractivity contribution in [3.8, 4) is 0 Å². The molecule has 0 amide bonds. The van der Waals surface area contributed by atoms with Crippen LogP contribution in [0.5, 0.6) is 0 Å². The quantitative estimate of drug-likeness (QED) is 0.856. The Bertz CT molecular complexity index is 470. The molecule has 0 aliphatic carbocycles. The minimum atomic E-state index is -4.71. The Hall–Kier alpha value is -1.44. The van der Waals surface area contributed by atoms with Gasteiger partial charge in [-0.25, -0.2) is 9.18 Å². The number of benzene rings is 1. The average Bonchev–Trinajstić information content (AvgIpc) is 2.14. The number of halogens is 4. The second-order valence-corrected chi connectivity index (χ2v) is 4.47. The van der Waals surface area contributed by atoms with Gasteiger partial charge in [0.05, 0.1) is 21.3 Å². The van der Waals surface area contributed by atoms with Crippen LogP contribution in [-0.4, -0.2) is 27.2 Å². The third-order valence-electron chi connectivity index (χ3n) is 1.72. The highest BCUT2D eigenvalue weighted by Crippen LogP contribution is 2.22. The van der Waals surface area contributed by atoms with E-state index in [1.54, 1.807) is 0 Å². The first kappa shape index (κ1) is 13.6. The van der Waals surface area contributed by atoms with Gasteiger partial charge < -0.3 is 5.11 Å². The van der Waals surface area contributed by atoms with Crippen LogP contribution < -0.4 is 0 Å². The molecule has 1 N–H and O–H groups in total. The first-order valence-corrected chi connectivity index (χ1v) is 5.50. The molecule has 3 nitrogen and oxygen atoms in total. The summed E-state index contributed by atoms with van der Waals surface area (Å²) in [7, 11) is -2.65. The van der Waals surface area contributed by atoms with Crippen LogP contribution in [0.15, 0.2) is 23.1 Å². The molecule has 0 heterocycles. The Balaban J connectivity index is 3.08. The van der Waals surface area contributed by atoms with Crippen LogP contribution in [0.2, 0.25) is 0 Å². The van der Waals surface area contributed by atoms with Crippen molar-refractivity contribution < 1.29 is 31.7 Å². The summed E-state index contributed by atoms with van der Waals surface area (Å²) in [5, 5.41) is 8.57. The smallest absolute Gasteiger partial charge is 0.400 e. The highest BCUT2D eigenvalue weighted by molar-refractivity contribution is 7.85. The molecule has 0 bridgehead atoms. The summed E-state index contributed by atoms with van der Waals surface area (Å²) < 4.78 is 60.2. The molecule has 0 spiro atoms. The van der Waals surface area contributed by atoms with Crippen LogP contribution in [0.25, 0.3) is 0 Å². The fourth-order valence-electron chi connectivity index (χ4n) is 1.04. The summed E-state index contributed by atoms with van der Waals surface area (Å²) in [5.74, 6) is -4.28. The zero-order valence-corrected chi connectivity index (χ0v) is 8.94. The van der Waals surface area contributed by atoms with Gasteiger partial charge in [0.2, 0.25) is 0 Å². The number of carboxylic acids is 1. The Morgan fingerprint density at radius 1 is 1.35 bits per heavy atom. The van der Waals surface area contributed by atoms with Gasteiger partial charge in [0, 0.05) is 0 Å². The molecule has 0 fully saturated rings. The fourth-order valence-corrected chi connectivity index (χ4v) is 2.03. The average molecular weight is 270 g/mol. The van der Waals surface area contributed by atoms with Gasteiger partial charge in [-0.1, -0.05) is 0 Å². The van der Waals surface area contributed by atoms with Crippen molar-refractivity contribution >= 4 is 16.8 Å². The van der Waals surface area contributed by atoms with E-state index in [9.17, 15) is 26.6 Å².